The predicted molar refractivity (Wildman–Crippen MR) is 121 cm³/mol. The van der Waals surface area contributed by atoms with E-state index in [2.05, 4.69) is 29.0 Å². The standard InChI is InChI=1S/C25H30FN3O/c1-4-29(5-2)16-10-11-18(3)27-25(30)21-17-24(20-13-6-8-14-22(20)26)28-23-15-9-7-12-19(21)23/h6-9,12-15,17-18H,4-5,10-11,16H2,1-3H3,(H,27,30). The Morgan fingerprint density at radius 3 is 2.53 bits per heavy atom. The van der Waals surface area contributed by atoms with Gasteiger partial charge in [-0.15, -0.1) is 0 Å². The highest BCUT2D eigenvalue weighted by atomic mass is 19.1. The van der Waals surface area contributed by atoms with Crippen molar-refractivity contribution in [2.24, 2.45) is 0 Å². The Balaban J connectivity index is 1.82. The van der Waals surface area contributed by atoms with Crippen molar-refractivity contribution in [3.63, 3.8) is 0 Å². The molecule has 0 saturated heterocycles. The van der Waals surface area contributed by atoms with Crippen LogP contribution in [0.1, 0.15) is 44.0 Å². The number of para-hydroxylation sites is 1. The lowest BCUT2D eigenvalue weighted by molar-refractivity contribution is 0.0939. The second-order valence-corrected chi connectivity index (χ2v) is 7.60. The lowest BCUT2D eigenvalue weighted by atomic mass is 10.0. The second kappa shape index (κ2) is 10.3. The largest absolute Gasteiger partial charge is 0.350 e. The van der Waals surface area contributed by atoms with E-state index in [1.807, 2.05) is 31.2 Å². The fourth-order valence-corrected chi connectivity index (χ4v) is 3.70. The van der Waals surface area contributed by atoms with Crippen LogP contribution in [0.15, 0.2) is 54.6 Å². The summed E-state index contributed by atoms with van der Waals surface area (Å²) in [4.78, 5) is 20.1. The van der Waals surface area contributed by atoms with Crippen molar-refractivity contribution >= 4 is 16.8 Å². The van der Waals surface area contributed by atoms with Crippen LogP contribution in [0.5, 0.6) is 0 Å². The van der Waals surface area contributed by atoms with Crippen LogP contribution in [-0.4, -0.2) is 41.5 Å². The highest BCUT2D eigenvalue weighted by Crippen LogP contribution is 2.26. The summed E-state index contributed by atoms with van der Waals surface area (Å²) < 4.78 is 14.3. The summed E-state index contributed by atoms with van der Waals surface area (Å²) in [7, 11) is 0. The molecule has 0 aliphatic rings. The molecule has 0 spiro atoms. The van der Waals surface area contributed by atoms with Gasteiger partial charge >= 0.3 is 0 Å². The molecule has 2 aromatic carbocycles. The van der Waals surface area contributed by atoms with Crippen molar-refractivity contribution < 1.29 is 9.18 Å². The van der Waals surface area contributed by atoms with E-state index in [0.717, 1.165) is 37.9 Å². The maximum atomic E-state index is 14.3. The Bertz CT molecular complexity index is 1000. The number of benzene rings is 2. The third-order valence-electron chi connectivity index (χ3n) is 5.49. The molecule has 1 N–H and O–H groups in total. The number of carbonyl (C=O) groups excluding carboxylic acids is 1. The highest BCUT2D eigenvalue weighted by Gasteiger charge is 2.17. The van der Waals surface area contributed by atoms with Crippen LogP contribution in [0.4, 0.5) is 4.39 Å². The van der Waals surface area contributed by atoms with Crippen LogP contribution in [0.25, 0.3) is 22.2 Å². The van der Waals surface area contributed by atoms with Gasteiger partial charge in [-0.05, 0) is 63.7 Å². The average Bonchev–Trinajstić information content (AvgIpc) is 2.76. The molecule has 1 heterocycles. The van der Waals surface area contributed by atoms with Crippen LogP contribution in [0.3, 0.4) is 0 Å². The second-order valence-electron chi connectivity index (χ2n) is 7.60. The fourth-order valence-electron chi connectivity index (χ4n) is 3.70. The van der Waals surface area contributed by atoms with Crippen LogP contribution in [-0.2, 0) is 0 Å². The normalized spacial score (nSPS) is 12.3. The number of halogens is 1. The molecule has 0 aliphatic carbocycles. The van der Waals surface area contributed by atoms with E-state index in [1.54, 1.807) is 24.3 Å². The van der Waals surface area contributed by atoms with Crippen molar-refractivity contribution in [3.8, 4) is 11.3 Å². The molecule has 1 aromatic heterocycles. The zero-order chi connectivity index (χ0) is 21.5. The number of hydrogen-bond acceptors (Lipinski definition) is 3. The van der Waals surface area contributed by atoms with Crippen molar-refractivity contribution in [1.29, 1.82) is 0 Å². The number of aromatic nitrogens is 1. The van der Waals surface area contributed by atoms with E-state index < -0.39 is 0 Å². The van der Waals surface area contributed by atoms with E-state index in [4.69, 9.17) is 0 Å². The maximum absolute atomic E-state index is 14.3. The molecular weight excluding hydrogens is 377 g/mol. The smallest absolute Gasteiger partial charge is 0.252 e. The lowest BCUT2D eigenvalue weighted by Crippen LogP contribution is -2.33. The minimum absolute atomic E-state index is 0.0527. The number of pyridine rings is 1. The van der Waals surface area contributed by atoms with Crippen molar-refractivity contribution in [3.05, 3.63) is 66.0 Å². The first kappa shape index (κ1) is 21.9. The van der Waals surface area contributed by atoms with Crippen molar-refractivity contribution in [2.45, 2.75) is 39.7 Å². The number of nitrogens with one attached hydrogen (secondary N) is 1. The summed E-state index contributed by atoms with van der Waals surface area (Å²) in [6.45, 7) is 9.47. The average molecular weight is 408 g/mol. The minimum atomic E-state index is -0.351. The van der Waals surface area contributed by atoms with Crippen molar-refractivity contribution in [2.75, 3.05) is 19.6 Å². The van der Waals surface area contributed by atoms with Crippen LogP contribution in [0.2, 0.25) is 0 Å². The van der Waals surface area contributed by atoms with Gasteiger partial charge in [0.15, 0.2) is 0 Å². The molecule has 0 saturated carbocycles. The molecule has 0 bridgehead atoms. The van der Waals surface area contributed by atoms with Crippen molar-refractivity contribution in [1.82, 2.24) is 15.2 Å². The molecule has 3 aromatic rings. The molecular formula is C25H30FN3O. The van der Waals surface area contributed by atoms with Gasteiger partial charge in [0.2, 0.25) is 0 Å². The molecule has 0 fully saturated rings. The van der Waals surface area contributed by atoms with Gasteiger partial charge in [0.1, 0.15) is 5.82 Å². The van der Waals surface area contributed by atoms with Gasteiger partial charge < -0.3 is 10.2 Å². The van der Waals surface area contributed by atoms with Gasteiger partial charge in [-0.2, -0.15) is 0 Å². The zero-order valence-corrected chi connectivity index (χ0v) is 18.0. The molecule has 1 atom stereocenters. The number of carbonyl (C=O) groups is 1. The van der Waals surface area contributed by atoms with E-state index >= 15 is 0 Å². The quantitative estimate of drug-likeness (QED) is 0.525. The fraction of sp³-hybridized carbons (Fsp3) is 0.360. The third-order valence-corrected chi connectivity index (χ3v) is 5.49. The Hall–Kier alpha value is -2.79. The van der Waals surface area contributed by atoms with Gasteiger partial charge in [-0.25, -0.2) is 9.37 Å². The Kier molecular flexibility index (Phi) is 7.52. The molecule has 1 unspecified atom stereocenters. The summed E-state index contributed by atoms with van der Waals surface area (Å²) in [6.07, 6.45) is 1.94. The summed E-state index contributed by atoms with van der Waals surface area (Å²) in [6, 6.07) is 15.7. The van der Waals surface area contributed by atoms with Gasteiger partial charge in [0, 0.05) is 17.0 Å². The van der Waals surface area contributed by atoms with E-state index in [9.17, 15) is 9.18 Å². The first-order chi connectivity index (χ1) is 14.5. The molecule has 30 heavy (non-hydrogen) atoms. The molecule has 0 aliphatic heterocycles. The monoisotopic (exact) mass is 407 g/mol. The number of nitrogens with zero attached hydrogens (tertiary/aromatic N) is 2. The highest BCUT2D eigenvalue weighted by molar-refractivity contribution is 6.07. The van der Waals surface area contributed by atoms with Gasteiger partial charge in [0.05, 0.1) is 16.8 Å². The van der Waals surface area contributed by atoms with Crippen LogP contribution < -0.4 is 5.32 Å². The number of hydrogen-bond donors (Lipinski definition) is 1. The SMILES string of the molecule is CCN(CC)CCCC(C)NC(=O)c1cc(-c2ccccc2F)nc2ccccc12. The third kappa shape index (κ3) is 5.22. The number of fused-ring (bicyclic) bond motifs is 1. The molecule has 158 valence electrons. The van der Waals surface area contributed by atoms with Crippen LogP contribution in [0, 0.1) is 5.82 Å². The lowest BCUT2D eigenvalue weighted by Gasteiger charge is -2.20. The van der Waals surface area contributed by atoms with E-state index in [0.29, 0.717) is 22.3 Å². The minimum Gasteiger partial charge on any atom is -0.350 e. The summed E-state index contributed by atoms with van der Waals surface area (Å²) in [5.41, 5.74) is 2.06. The molecule has 4 nitrogen and oxygen atoms in total. The molecule has 0 radical (unpaired) electrons. The first-order valence-corrected chi connectivity index (χ1v) is 10.7. The van der Waals surface area contributed by atoms with Gasteiger partial charge in [0.25, 0.3) is 5.91 Å². The van der Waals surface area contributed by atoms with E-state index in [-0.39, 0.29) is 17.8 Å². The number of rotatable bonds is 9. The zero-order valence-electron chi connectivity index (χ0n) is 18.0. The first-order valence-electron chi connectivity index (χ1n) is 10.7. The molecule has 3 rings (SSSR count). The van der Waals surface area contributed by atoms with Gasteiger partial charge in [-0.3, -0.25) is 4.79 Å². The summed E-state index contributed by atoms with van der Waals surface area (Å²) in [5.74, 6) is -0.502. The maximum Gasteiger partial charge on any atom is 0.252 e. The molecule has 1 amide bonds. The summed E-state index contributed by atoms with van der Waals surface area (Å²) in [5, 5.41) is 3.88. The Labute approximate surface area is 178 Å². The van der Waals surface area contributed by atoms with E-state index in [1.165, 1.54) is 6.07 Å². The number of amides is 1. The summed E-state index contributed by atoms with van der Waals surface area (Å²) >= 11 is 0. The van der Waals surface area contributed by atoms with Gasteiger partial charge in [-0.1, -0.05) is 44.2 Å². The Morgan fingerprint density at radius 1 is 1.10 bits per heavy atom. The Morgan fingerprint density at radius 2 is 1.80 bits per heavy atom. The molecule has 5 heteroatoms. The van der Waals surface area contributed by atoms with Crippen LogP contribution >= 0.6 is 0 Å². The topological polar surface area (TPSA) is 45.2 Å². The predicted octanol–water partition coefficient (Wildman–Crippen LogP) is 5.28.